The topological polar surface area (TPSA) is 63.0 Å². The van der Waals surface area contributed by atoms with E-state index < -0.39 is 0 Å². The number of hydrogen-bond acceptors (Lipinski definition) is 4. The number of rotatable bonds is 5. The van der Waals surface area contributed by atoms with Crippen molar-refractivity contribution in [1.82, 2.24) is 5.32 Å². The van der Waals surface area contributed by atoms with E-state index in [1.165, 1.54) is 0 Å². The first-order valence-electron chi connectivity index (χ1n) is 12.5. The lowest BCUT2D eigenvalue weighted by molar-refractivity contribution is 0.0577. The average Bonchev–Trinajstić information content (AvgIpc) is 2.91. The lowest BCUT2D eigenvalue weighted by atomic mass is 9.71. The lowest BCUT2D eigenvalue weighted by Gasteiger charge is -2.38. The first-order valence-corrected chi connectivity index (χ1v) is 12.5. The first-order chi connectivity index (χ1) is 17.3. The van der Waals surface area contributed by atoms with Gasteiger partial charge in [-0.3, -0.25) is 0 Å². The van der Waals surface area contributed by atoms with E-state index in [1.54, 1.807) is 0 Å². The number of carbonyl (C=O) groups excluding carboxylic acids is 1. The number of amides is 1. The predicted molar refractivity (Wildman–Crippen MR) is 140 cm³/mol. The number of ether oxygens (including phenoxy) is 1. The Hall–Kier alpha value is -3.73. The van der Waals surface area contributed by atoms with Crippen LogP contribution in [0.15, 0.2) is 101 Å². The summed E-state index contributed by atoms with van der Waals surface area (Å²) in [6.07, 6.45) is 4.43. The SMILES string of the molecule is O=C(NCc1ccccc1)OC1CCCCCC2C(c3ccccc3)=NN=C(c3ccccc3)C12. The maximum absolute atomic E-state index is 12.9. The van der Waals surface area contributed by atoms with Gasteiger partial charge in [-0.05, 0) is 36.0 Å². The summed E-state index contributed by atoms with van der Waals surface area (Å²) >= 11 is 0. The molecule has 0 radical (unpaired) electrons. The van der Waals surface area contributed by atoms with Crippen LogP contribution in [0, 0.1) is 11.8 Å². The lowest BCUT2D eigenvalue weighted by Crippen LogP contribution is -2.45. The van der Waals surface area contributed by atoms with E-state index in [2.05, 4.69) is 29.6 Å². The molecule has 3 aromatic carbocycles. The average molecular weight is 466 g/mol. The molecule has 5 heteroatoms. The molecular formula is C30H31N3O2. The van der Waals surface area contributed by atoms with Crippen molar-refractivity contribution < 1.29 is 9.53 Å². The Labute approximate surface area is 206 Å². The van der Waals surface area contributed by atoms with Crippen LogP contribution in [0.1, 0.15) is 48.8 Å². The van der Waals surface area contributed by atoms with Crippen molar-refractivity contribution in [1.29, 1.82) is 0 Å². The number of benzene rings is 3. The number of alkyl carbamates (subject to hydrolysis) is 1. The van der Waals surface area contributed by atoms with Gasteiger partial charge in [0.2, 0.25) is 0 Å². The van der Waals surface area contributed by atoms with E-state index in [9.17, 15) is 4.79 Å². The Morgan fingerprint density at radius 2 is 1.31 bits per heavy atom. The monoisotopic (exact) mass is 465 g/mol. The molecule has 1 aliphatic heterocycles. The highest BCUT2D eigenvalue weighted by Gasteiger charge is 2.42. The first kappa shape index (κ1) is 23.0. The van der Waals surface area contributed by atoms with Crippen LogP contribution in [0.4, 0.5) is 4.79 Å². The largest absolute Gasteiger partial charge is 0.446 e. The summed E-state index contributed by atoms with van der Waals surface area (Å²) in [7, 11) is 0. The Morgan fingerprint density at radius 3 is 2.00 bits per heavy atom. The zero-order valence-electron chi connectivity index (χ0n) is 19.8. The van der Waals surface area contributed by atoms with E-state index in [0.717, 1.165) is 60.2 Å². The van der Waals surface area contributed by atoms with Crippen LogP contribution in [0.3, 0.4) is 0 Å². The van der Waals surface area contributed by atoms with Crippen molar-refractivity contribution >= 4 is 17.5 Å². The molecule has 5 nitrogen and oxygen atoms in total. The summed E-state index contributed by atoms with van der Waals surface area (Å²) in [5, 5.41) is 12.5. The summed E-state index contributed by atoms with van der Waals surface area (Å²) < 4.78 is 6.17. The van der Waals surface area contributed by atoms with Crippen molar-refractivity contribution in [2.75, 3.05) is 0 Å². The molecule has 0 aromatic heterocycles. The maximum atomic E-state index is 12.9. The third-order valence-electron chi connectivity index (χ3n) is 6.95. The van der Waals surface area contributed by atoms with Gasteiger partial charge in [0.1, 0.15) is 6.10 Å². The van der Waals surface area contributed by atoms with Gasteiger partial charge in [-0.1, -0.05) is 104 Å². The second-order valence-electron chi connectivity index (χ2n) is 9.26. The van der Waals surface area contributed by atoms with E-state index in [0.29, 0.717) is 6.54 Å². The zero-order valence-corrected chi connectivity index (χ0v) is 19.8. The molecule has 1 fully saturated rings. The van der Waals surface area contributed by atoms with E-state index >= 15 is 0 Å². The maximum Gasteiger partial charge on any atom is 0.407 e. The van der Waals surface area contributed by atoms with Gasteiger partial charge in [0.15, 0.2) is 0 Å². The van der Waals surface area contributed by atoms with Crippen molar-refractivity contribution in [3.8, 4) is 0 Å². The van der Waals surface area contributed by atoms with Gasteiger partial charge in [-0.25, -0.2) is 4.79 Å². The molecule has 0 bridgehead atoms. The molecule has 3 unspecified atom stereocenters. The Morgan fingerprint density at radius 1 is 0.743 bits per heavy atom. The third kappa shape index (κ3) is 5.51. The van der Waals surface area contributed by atoms with Crippen LogP contribution < -0.4 is 5.32 Å². The van der Waals surface area contributed by atoms with Gasteiger partial charge >= 0.3 is 6.09 Å². The van der Waals surface area contributed by atoms with Crippen LogP contribution in [0.25, 0.3) is 0 Å². The van der Waals surface area contributed by atoms with Crippen LogP contribution in [-0.2, 0) is 11.3 Å². The second-order valence-corrected chi connectivity index (χ2v) is 9.26. The summed E-state index contributed by atoms with van der Waals surface area (Å²) in [5.41, 5.74) is 5.08. The fourth-order valence-corrected chi connectivity index (χ4v) is 5.25. The molecule has 0 spiro atoms. The zero-order chi connectivity index (χ0) is 23.9. The van der Waals surface area contributed by atoms with Gasteiger partial charge in [0.25, 0.3) is 0 Å². The molecule has 5 rings (SSSR count). The highest BCUT2D eigenvalue weighted by atomic mass is 16.6. The molecular weight excluding hydrogens is 434 g/mol. The number of nitrogens with zero attached hydrogens (tertiary/aromatic N) is 2. The highest BCUT2D eigenvalue weighted by Crippen LogP contribution is 2.38. The van der Waals surface area contributed by atoms with Gasteiger partial charge in [0, 0.05) is 18.4 Å². The van der Waals surface area contributed by atoms with Crippen molar-refractivity contribution in [2.24, 2.45) is 22.0 Å². The van der Waals surface area contributed by atoms with E-state index in [-0.39, 0.29) is 24.0 Å². The van der Waals surface area contributed by atoms with Crippen LogP contribution >= 0.6 is 0 Å². The van der Waals surface area contributed by atoms with Crippen molar-refractivity contribution in [3.63, 3.8) is 0 Å². The quantitative estimate of drug-likeness (QED) is 0.475. The standard InChI is InChI=1S/C30H31N3O2/c34-30(31-21-22-13-5-1-6-14-22)35-26-20-12-4-11-19-25-27(26)29(24-17-9-3-10-18-24)33-32-28(25)23-15-7-2-8-16-23/h1-3,5-10,13-18,25-27H,4,11-12,19-21H2,(H,31,34). The van der Waals surface area contributed by atoms with Crippen molar-refractivity contribution in [2.45, 2.75) is 44.8 Å². The fourth-order valence-electron chi connectivity index (χ4n) is 5.25. The normalized spacial score (nSPS) is 22.0. The summed E-state index contributed by atoms with van der Waals surface area (Å²) in [5.74, 6) is 0.0882. The van der Waals surface area contributed by atoms with Gasteiger partial charge < -0.3 is 10.1 Å². The summed E-state index contributed by atoms with van der Waals surface area (Å²) in [6, 6.07) is 30.4. The van der Waals surface area contributed by atoms with Crippen LogP contribution in [0.5, 0.6) is 0 Å². The molecule has 0 saturated heterocycles. The molecule has 3 aromatic rings. The molecule has 1 heterocycles. The molecule has 3 atom stereocenters. The number of fused-ring (bicyclic) bond motifs is 1. The van der Waals surface area contributed by atoms with Gasteiger partial charge in [-0.2, -0.15) is 10.2 Å². The third-order valence-corrected chi connectivity index (χ3v) is 6.95. The number of hydrogen-bond donors (Lipinski definition) is 1. The number of nitrogens with one attached hydrogen (secondary N) is 1. The minimum absolute atomic E-state index is 0.0483. The molecule has 1 saturated carbocycles. The summed E-state index contributed by atoms with van der Waals surface area (Å²) in [6.45, 7) is 0.441. The smallest absolute Gasteiger partial charge is 0.407 e. The van der Waals surface area contributed by atoms with E-state index in [1.807, 2.05) is 66.7 Å². The van der Waals surface area contributed by atoms with Crippen LogP contribution in [0.2, 0.25) is 0 Å². The minimum Gasteiger partial charge on any atom is -0.446 e. The number of carbonyl (C=O) groups is 1. The molecule has 178 valence electrons. The van der Waals surface area contributed by atoms with Crippen LogP contribution in [-0.4, -0.2) is 23.6 Å². The molecule has 35 heavy (non-hydrogen) atoms. The summed E-state index contributed by atoms with van der Waals surface area (Å²) in [4.78, 5) is 12.9. The molecule has 1 N–H and O–H groups in total. The Bertz CT molecular complexity index is 1180. The predicted octanol–water partition coefficient (Wildman–Crippen LogP) is 6.39. The highest BCUT2D eigenvalue weighted by molar-refractivity contribution is 6.11. The Kier molecular flexibility index (Phi) is 7.32. The molecule has 1 aliphatic carbocycles. The van der Waals surface area contributed by atoms with Gasteiger partial charge in [-0.15, -0.1) is 0 Å². The Balaban J connectivity index is 1.45. The molecule has 1 amide bonds. The second kappa shape index (κ2) is 11.1. The molecule has 2 aliphatic rings. The minimum atomic E-state index is -0.380. The van der Waals surface area contributed by atoms with Crippen molar-refractivity contribution in [3.05, 3.63) is 108 Å². The fraction of sp³-hybridized carbons (Fsp3) is 0.300. The van der Waals surface area contributed by atoms with E-state index in [4.69, 9.17) is 14.9 Å². The van der Waals surface area contributed by atoms with Gasteiger partial charge in [0.05, 0.1) is 11.4 Å².